The number of anilines is 1. The summed E-state index contributed by atoms with van der Waals surface area (Å²) in [4.78, 5) is 35.9. The fraction of sp³-hybridized carbons (Fsp3) is 0.118. The molecule has 0 aliphatic rings. The minimum Gasteiger partial charge on any atom is -0.310 e. The summed E-state index contributed by atoms with van der Waals surface area (Å²) in [5.74, 6) is 0.430. The Balaban J connectivity index is 1.65. The van der Waals surface area contributed by atoms with E-state index in [1.54, 1.807) is 22.7 Å². The molecule has 0 bridgehead atoms. The lowest BCUT2D eigenvalue weighted by Gasteiger charge is -2.03. The summed E-state index contributed by atoms with van der Waals surface area (Å²) in [6.45, 7) is 0. The van der Waals surface area contributed by atoms with Crippen LogP contribution in [-0.2, 0) is 5.75 Å². The Morgan fingerprint density at radius 3 is 2.93 bits per heavy atom. The van der Waals surface area contributed by atoms with Crippen molar-refractivity contribution < 1.29 is 4.79 Å². The number of nitrogens with one attached hydrogen (secondary N) is 2. The van der Waals surface area contributed by atoms with Gasteiger partial charge >= 0.3 is 0 Å². The molecule has 0 radical (unpaired) electrons. The molecule has 0 fully saturated rings. The van der Waals surface area contributed by atoms with Gasteiger partial charge in [-0.3, -0.25) is 14.9 Å². The Bertz CT molecular complexity index is 1280. The number of aromatic nitrogens is 5. The highest BCUT2D eigenvalue weighted by Gasteiger charge is 2.17. The number of amides is 1. The van der Waals surface area contributed by atoms with Gasteiger partial charge in [-0.25, -0.2) is 9.50 Å². The standard InChI is InChI=1S/C17H12Cl2N6O2S2/c1-28-7-13-20-11(5-14(26)21-13)15(27)22-16-23-17-25(24-16)12(6-29-17)9-4-8(18)2-3-10(9)19/h2-6H,7H2,1H3,(H,20,21,26)(H,22,24,27). The Kier molecular flexibility index (Phi) is 5.59. The number of nitrogens with zero attached hydrogens (tertiary/aromatic N) is 4. The van der Waals surface area contributed by atoms with Crippen molar-refractivity contribution in [3.05, 3.63) is 61.6 Å². The van der Waals surface area contributed by atoms with Gasteiger partial charge in [-0.15, -0.1) is 16.4 Å². The molecule has 3 heterocycles. The number of benzene rings is 1. The molecule has 0 aliphatic carbocycles. The predicted octanol–water partition coefficient (Wildman–Crippen LogP) is 3.96. The van der Waals surface area contributed by atoms with Crippen molar-refractivity contribution in [3.8, 4) is 11.3 Å². The van der Waals surface area contributed by atoms with Crippen LogP contribution in [0.2, 0.25) is 10.0 Å². The molecule has 4 rings (SSSR count). The van der Waals surface area contributed by atoms with Crippen molar-refractivity contribution in [1.82, 2.24) is 24.6 Å². The maximum Gasteiger partial charge on any atom is 0.276 e. The molecule has 12 heteroatoms. The van der Waals surface area contributed by atoms with Gasteiger partial charge in [0.25, 0.3) is 17.4 Å². The van der Waals surface area contributed by atoms with Crippen molar-refractivity contribution in [3.63, 3.8) is 0 Å². The molecule has 0 spiro atoms. The van der Waals surface area contributed by atoms with E-state index in [0.29, 0.717) is 37.8 Å². The van der Waals surface area contributed by atoms with E-state index in [2.05, 4.69) is 25.4 Å². The Labute approximate surface area is 182 Å². The number of thiazole rings is 1. The minimum atomic E-state index is -0.570. The average Bonchev–Trinajstić information content (AvgIpc) is 3.23. The van der Waals surface area contributed by atoms with Gasteiger partial charge in [0.05, 0.1) is 16.5 Å². The molecule has 0 saturated heterocycles. The summed E-state index contributed by atoms with van der Waals surface area (Å²) in [7, 11) is 0. The number of rotatable bonds is 5. The average molecular weight is 467 g/mol. The Morgan fingerprint density at radius 1 is 1.31 bits per heavy atom. The van der Waals surface area contributed by atoms with Gasteiger partial charge in [-0.05, 0) is 24.5 Å². The molecule has 2 N–H and O–H groups in total. The van der Waals surface area contributed by atoms with E-state index < -0.39 is 11.5 Å². The zero-order valence-corrected chi connectivity index (χ0v) is 17.9. The molecule has 8 nitrogen and oxygen atoms in total. The first-order chi connectivity index (χ1) is 13.9. The summed E-state index contributed by atoms with van der Waals surface area (Å²) in [5.41, 5.74) is 0.994. The molecule has 29 heavy (non-hydrogen) atoms. The van der Waals surface area contributed by atoms with Crippen LogP contribution < -0.4 is 10.9 Å². The van der Waals surface area contributed by atoms with Crippen LogP contribution in [0.25, 0.3) is 16.2 Å². The number of aromatic amines is 1. The zero-order chi connectivity index (χ0) is 20.5. The summed E-state index contributed by atoms with van der Waals surface area (Å²) in [6.07, 6.45) is 1.87. The second-order valence-electron chi connectivity index (χ2n) is 5.84. The highest BCUT2D eigenvalue weighted by molar-refractivity contribution is 7.97. The maximum atomic E-state index is 12.5. The highest BCUT2D eigenvalue weighted by Crippen LogP contribution is 2.33. The van der Waals surface area contributed by atoms with E-state index in [1.165, 1.54) is 23.1 Å². The van der Waals surface area contributed by atoms with Gasteiger partial charge in [0.1, 0.15) is 11.5 Å². The first-order valence-electron chi connectivity index (χ1n) is 8.15. The molecular weight excluding hydrogens is 455 g/mol. The van der Waals surface area contributed by atoms with E-state index in [0.717, 1.165) is 6.07 Å². The van der Waals surface area contributed by atoms with Crippen LogP contribution in [0.15, 0.2) is 34.4 Å². The Morgan fingerprint density at radius 2 is 2.14 bits per heavy atom. The molecule has 0 unspecified atom stereocenters. The monoisotopic (exact) mass is 466 g/mol. The van der Waals surface area contributed by atoms with Gasteiger partial charge in [-0.1, -0.05) is 23.2 Å². The van der Waals surface area contributed by atoms with Gasteiger partial charge in [0.2, 0.25) is 4.96 Å². The molecular formula is C17H12Cl2N6O2S2. The normalized spacial score (nSPS) is 11.1. The van der Waals surface area contributed by atoms with Crippen LogP contribution >= 0.6 is 46.3 Å². The number of halogens is 2. The van der Waals surface area contributed by atoms with Gasteiger partial charge in [-0.2, -0.15) is 16.7 Å². The molecule has 3 aromatic heterocycles. The summed E-state index contributed by atoms with van der Waals surface area (Å²) < 4.78 is 1.57. The topological polar surface area (TPSA) is 105 Å². The van der Waals surface area contributed by atoms with E-state index in [-0.39, 0.29) is 11.6 Å². The number of hydrogen-bond donors (Lipinski definition) is 2. The van der Waals surface area contributed by atoms with Crippen molar-refractivity contribution in [1.29, 1.82) is 0 Å². The first kappa shape index (κ1) is 19.9. The zero-order valence-electron chi connectivity index (χ0n) is 14.8. The molecule has 1 amide bonds. The largest absolute Gasteiger partial charge is 0.310 e. The van der Waals surface area contributed by atoms with Gasteiger partial charge < -0.3 is 4.98 Å². The fourth-order valence-electron chi connectivity index (χ4n) is 2.61. The number of fused-ring (bicyclic) bond motifs is 1. The van der Waals surface area contributed by atoms with E-state index in [4.69, 9.17) is 23.2 Å². The number of carbonyl (C=O) groups is 1. The van der Waals surface area contributed by atoms with E-state index in [9.17, 15) is 9.59 Å². The van der Waals surface area contributed by atoms with Crippen molar-refractivity contribution in [2.24, 2.45) is 0 Å². The quantitative estimate of drug-likeness (QED) is 0.460. The number of carbonyl (C=O) groups excluding carboxylic acids is 1. The third-order valence-electron chi connectivity index (χ3n) is 3.82. The molecule has 0 aliphatic heterocycles. The van der Waals surface area contributed by atoms with Crippen molar-refractivity contribution in [2.75, 3.05) is 11.6 Å². The molecule has 4 aromatic rings. The summed E-state index contributed by atoms with van der Waals surface area (Å²) in [5, 5.41) is 9.82. The van der Waals surface area contributed by atoms with Crippen molar-refractivity contribution >= 4 is 63.1 Å². The van der Waals surface area contributed by atoms with Crippen molar-refractivity contribution in [2.45, 2.75) is 5.75 Å². The van der Waals surface area contributed by atoms with Gasteiger partial charge in [0, 0.05) is 22.0 Å². The second kappa shape index (κ2) is 8.15. The lowest BCUT2D eigenvalue weighted by atomic mass is 10.2. The van der Waals surface area contributed by atoms with Crippen LogP contribution in [0.3, 0.4) is 0 Å². The fourth-order valence-corrected chi connectivity index (χ4v) is 4.23. The smallest absolute Gasteiger partial charge is 0.276 e. The number of thioether (sulfide) groups is 1. The molecule has 1 aromatic carbocycles. The lowest BCUT2D eigenvalue weighted by Crippen LogP contribution is -2.20. The lowest BCUT2D eigenvalue weighted by molar-refractivity contribution is 0.102. The molecule has 0 atom stereocenters. The Hall–Kier alpha value is -2.40. The molecule has 0 saturated carbocycles. The van der Waals surface area contributed by atoms with Crippen LogP contribution in [0.4, 0.5) is 5.95 Å². The van der Waals surface area contributed by atoms with Gasteiger partial charge in [0.15, 0.2) is 0 Å². The number of H-pyrrole nitrogens is 1. The van der Waals surface area contributed by atoms with Crippen LogP contribution in [0, 0.1) is 0 Å². The third kappa shape index (κ3) is 4.15. The summed E-state index contributed by atoms with van der Waals surface area (Å²) in [6, 6.07) is 6.27. The van der Waals surface area contributed by atoms with E-state index in [1.807, 2.05) is 11.6 Å². The summed E-state index contributed by atoms with van der Waals surface area (Å²) >= 11 is 15.2. The molecule has 148 valence electrons. The minimum absolute atomic E-state index is 0.00550. The first-order valence-corrected chi connectivity index (χ1v) is 11.2. The predicted molar refractivity (Wildman–Crippen MR) is 116 cm³/mol. The van der Waals surface area contributed by atoms with E-state index >= 15 is 0 Å². The third-order valence-corrected chi connectivity index (χ3v) is 5.76. The SMILES string of the molecule is CSCc1nc(C(=O)Nc2nc3scc(-c4cc(Cl)ccc4Cl)n3n2)cc(=O)[nH]1. The second-order valence-corrected chi connectivity index (χ2v) is 8.39. The maximum absolute atomic E-state index is 12.5. The van der Waals surface area contributed by atoms with Crippen LogP contribution in [0.5, 0.6) is 0 Å². The van der Waals surface area contributed by atoms with Crippen LogP contribution in [-0.4, -0.2) is 36.7 Å². The highest BCUT2D eigenvalue weighted by atomic mass is 35.5. The van der Waals surface area contributed by atoms with Crippen LogP contribution in [0.1, 0.15) is 16.3 Å². The number of hydrogen-bond acceptors (Lipinski definition) is 7.